The van der Waals surface area contributed by atoms with E-state index in [0.717, 1.165) is 21.8 Å². The van der Waals surface area contributed by atoms with E-state index in [1.807, 2.05) is 18.2 Å². The molecule has 0 amide bonds. The van der Waals surface area contributed by atoms with E-state index >= 15 is 0 Å². The molecule has 1 nitrogen and oxygen atoms in total. The first-order chi connectivity index (χ1) is 6.70. The number of hydrogen-bond acceptors (Lipinski definition) is 1. The van der Waals surface area contributed by atoms with Crippen molar-refractivity contribution in [2.75, 3.05) is 0 Å². The van der Waals surface area contributed by atoms with E-state index in [1.165, 1.54) is 6.07 Å². The van der Waals surface area contributed by atoms with Crippen molar-refractivity contribution < 1.29 is 4.39 Å². The van der Waals surface area contributed by atoms with Crippen LogP contribution in [0, 0.1) is 12.7 Å². The van der Waals surface area contributed by atoms with Gasteiger partial charge < -0.3 is 0 Å². The number of benzene rings is 1. The zero-order chi connectivity index (χ0) is 10.1. The standard InChI is InChI=1S/C11H9BrFN/c1-7-10(13)5-9-3-2-8(6-12)4-11(9)14-7/h2-5H,6H2,1H3. The van der Waals surface area contributed by atoms with Crippen molar-refractivity contribution in [3.8, 4) is 0 Å². The van der Waals surface area contributed by atoms with Crippen molar-refractivity contribution in [3.63, 3.8) is 0 Å². The first kappa shape index (κ1) is 9.59. The quantitative estimate of drug-likeness (QED) is 0.709. The molecule has 0 aliphatic heterocycles. The third kappa shape index (κ3) is 1.64. The fraction of sp³-hybridized carbons (Fsp3) is 0.182. The molecule has 0 aliphatic rings. The molecule has 1 aromatic heterocycles. The molecule has 0 bridgehead atoms. The molecule has 0 fully saturated rings. The van der Waals surface area contributed by atoms with Gasteiger partial charge in [-0.15, -0.1) is 0 Å². The Morgan fingerprint density at radius 3 is 2.86 bits per heavy atom. The summed E-state index contributed by atoms with van der Waals surface area (Å²) < 4.78 is 13.2. The lowest BCUT2D eigenvalue weighted by Gasteiger charge is -2.02. The maximum atomic E-state index is 13.2. The average Bonchev–Trinajstić information content (AvgIpc) is 2.19. The fourth-order valence-electron chi connectivity index (χ4n) is 1.37. The van der Waals surface area contributed by atoms with Gasteiger partial charge in [-0.1, -0.05) is 28.1 Å². The molecule has 0 atom stereocenters. The summed E-state index contributed by atoms with van der Waals surface area (Å²) in [6, 6.07) is 7.35. The Hall–Kier alpha value is -0.960. The number of nitrogens with zero attached hydrogens (tertiary/aromatic N) is 1. The Balaban J connectivity index is 2.70. The molecule has 14 heavy (non-hydrogen) atoms. The summed E-state index contributed by atoms with van der Waals surface area (Å²) in [5.74, 6) is -0.246. The number of halogens is 2. The van der Waals surface area contributed by atoms with Crippen LogP contribution in [0.5, 0.6) is 0 Å². The number of pyridine rings is 1. The molecule has 0 radical (unpaired) electrons. The number of rotatable bonds is 1. The highest BCUT2D eigenvalue weighted by Gasteiger charge is 2.02. The van der Waals surface area contributed by atoms with Gasteiger partial charge in [-0.2, -0.15) is 0 Å². The van der Waals surface area contributed by atoms with Crippen LogP contribution in [0.2, 0.25) is 0 Å². The Morgan fingerprint density at radius 2 is 2.14 bits per heavy atom. The minimum Gasteiger partial charge on any atom is -0.250 e. The number of aromatic nitrogens is 1. The summed E-state index contributed by atoms with van der Waals surface area (Å²) in [7, 11) is 0. The maximum Gasteiger partial charge on any atom is 0.145 e. The molecular formula is C11H9BrFN. The van der Waals surface area contributed by atoms with Crippen molar-refractivity contribution in [2.45, 2.75) is 12.3 Å². The Kier molecular flexibility index (Phi) is 2.50. The van der Waals surface area contributed by atoms with Crippen molar-refractivity contribution in [1.29, 1.82) is 0 Å². The van der Waals surface area contributed by atoms with Crippen molar-refractivity contribution in [3.05, 3.63) is 41.3 Å². The number of alkyl halides is 1. The zero-order valence-corrected chi connectivity index (χ0v) is 9.31. The van der Waals surface area contributed by atoms with Crippen LogP contribution >= 0.6 is 15.9 Å². The van der Waals surface area contributed by atoms with Gasteiger partial charge in [0.25, 0.3) is 0 Å². The van der Waals surface area contributed by atoms with Crippen molar-refractivity contribution >= 4 is 26.8 Å². The van der Waals surface area contributed by atoms with Gasteiger partial charge in [0.1, 0.15) is 5.82 Å². The fourth-order valence-corrected chi connectivity index (χ4v) is 1.72. The van der Waals surface area contributed by atoms with E-state index in [1.54, 1.807) is 6.92 Å². The van der Waals surface area contributed by atoms with Crippen molar-refractivity contribution in [1.82, 2.24) is 4.98 Å². The lowest BCUT2D eigenvalue weighted by Crippen LogP contribution is -1.90. The minimum atomic E-state index is -0.246. The molecule has 0 unspecified atom stereocenters. The Labute approximate surface area is 90.1 Å². The summed E-state index contributed by atoms with van der Waals surface area (Å²) >= 11 is 3.37. The van der Waals surface area contributed by atoms with Crippen LogP contribution in [0.4, 0.5) is 4.39 Å². The topological polar surface area (TPSA) is 12.9 Å². The highest BCUT2D eigenvalue weighted by molar-refractivity contribution is 9.08. The predicted molar refractivity (Wildman–Crippen MR) is 59.1 cm³/mol. The van der Waals surface area contributed by atoms with Crippen LogP contribution in [0.15, 0.2) is 24.3 Å². The first-order valence-corrected chi connectivity index (χ1v) is 5.44. The molecule has 1 aromatic carbocycles. The van der Waals surface area contributed by atoms with Crippen LogP contribution in [0.3, 0.4) is 0 Å². The lowest BCUT2D eigenvalue weighted by atomic mass is 10.1. The third-order valence-electron chi connectivity index (χ3n) is 2.17. The monoisotopic (exact) mass is 253 g/mol. The maximum absolute atomic E-state index is 13.2. The molecule has 0 spiro atoms. The van der Waals surface area contributed by atoms with E-state index < -0.39 is 0 Å². The van der Waals surface area contributed by atoms with Gasteiger partial charge in [-0.05, 0) is 24.6 Å². The predicted octanol–water partition coefficient (Wildman–Crippen LogP) is 3.58. The van der Waals surface area contributed by atoms with E-state index in [-0.39, 0.29) is 5.82 Å². The summed E-state index contributed by atoms with van der Waals surface area (Å²) in [6.07, 6.45) is 0. The SMILES string of the molecule is Cc1nc2cc(CBr)ccc2cc1F. The smallest absolute Gasteiger partial charge is 0.145 e. The van der Waals surface area contributed by atoms with Crippen LogP contribution in [-0.2, 0) is 5.33 Å². The zero-order valence-electron chi connectivity index (χ0n) is 7.72. The van der Waals surface area contributed by atoms with Gasteiger partial charge in [0.15, 0.2) is 0 Å². The van der Waals surface area contributed by atoms with Gasteiger partial charge in [0.2, 0.25) is 0 Å². The van der Waals surface area contributed by atoms with E-state index in [9.17, 15) is 4.39 Å². The summed E-state index contributed by atoms with van der Waals surface area (Å²) in [5, 5.41) is 1.64. The van der Waals surface area contributed by atoms with Gasteiger partial charge in [-0.3, -0.25) is 4.98 Å². The van der Waals surface area contributed by atoms with Gasteiger partial charge in [0, 0.05) is 10.7 Å². The lowest BCUT2D eigenvalue weighted by molar-refractivity contribution is 0.613. The van der Waals surface area contributed by atoms with E-state index in [2.05, 4.69) is 20.9 Å². The molecule has 0 aliphatic carbocycles. The molecule has 0 N–H and O–H groups in total. The Bertz CT molecular complexity index is 482. The molecule has 3 heteroatoms. The normalized spacial score (nSPS) is 10.8. The number of aryl methyl sites for hydroxylation is 1. The van der Waals surface area contributed by atoms with Crippen LogP contribution in [0.25, 0.3) is 10.9 Å². The van der Waals surface area contributed by atoms with Crippen molar-refractivity contribution in [2.24, 2.45) is 0 Å². The second kappa shape index (κ2) is 3.65. The number of fused-ring (bicyclic) bond motifs is 1. The summed E-state index contributed by atoms with van der Waals surface area (Å²) in [6.45, 7) is 1.68. The van der Waals surface area contributed by atoms with Gasteiger partial charge >= 0.3 is 0 Å². The van der Waals surface area contributed by atoms with Crippen LogP contribution < -0.4 is 0 Å². The molecule has 1 heterocycles. The molecular weight excluding hydrogens is 245 g/mol. The molecule has 2 aromatic rings. The van der Waals surface area contributed by atoms with Crippen LogP contribution in [-0.4, -0.2) is 4.98 Å². The van der Waals surface area contributed by atoms with E-state index in [0.29, 0.717) is 5.69 Å². The second-order valence-corrected chi connectivity index (χ2v) is 3.78. The molecule has 0 saturated carbocycles. The molecule has 2 rings (SSSR count). The summed E-state index contributed by atoms with van der Waals surface area (Å²) in [4.78, 5) is 4.19. The highest BCUT2D eigenvalue weighted by Crippen LogP contribution is 2.18. The second-order valence-electron chi connectivity index (χ2n) is 3.22. The first-order valence-electron chi connectivity index (χ1n) is 4.32. The summed E-state index contributed by atoms with van der Waals surface area (Å²) in [5.41, 5.74) is 2.45. The molecule has 0 saturated heterocycles. The number of hydrogen-bond donors (Lipinski definition) is 0. The van der Waals surface area contributed by atoms with Gasteiger partial charge in [0.05, 0.1) is 11.2 Å². The highest BCUT2D eigenvalue weighted by atomic mass is 79.9. The minimum absolute atomic E-state index is 0.246. The average molecular weight is 254 g/mol. The van der Waals surface area contributed by atoms with E-state index in [4.69, 9.17) is 0 Å². The largest absolute Gasteiger partial charge is 0.250 e. The van der Waals surface area contributed by atoms with Crippen LogP contribution in [0.1, 0.15) is 11.3 Å². The Morgan fingerprint density at radius 1 is 1.36 bits per heavy atom. The van der Waals surface area contributed by atoms with Gasteiger partial charge in [-0.25, -0.2) is 4.39 Å². The third-order valence-corrected chi connectivity index (χ3v) is 2.81. The molecule has 72 valence electrons.